The molecule has 136 valence electrons. The van der Waals surface area contributed by atoms with Gasteiger partial charge in [-0.1, -0.05) is 23.2 Å². The Balaban J connectivity index is 1.90. The van der Waals surface area contributed by atoms with Crippen LogP contribution in [-0.2, 0) is 6.54 Å². The van der Waals surface area contributed by atoms with Gasteiger partial charge in [0.15, 0.2) is 0 Å². The predicted molar refractivity (Wildman–Crippen MR) is 102 cm³/mol. The molecule has 0 atom stereocenters. The van der Waals surface area contributed by atoms with Crippen molar-refractivity contribution in [1.82, 2.24) is 9.97 Å². The molecule has 2 aliphatic rings. The van der Waals surface area contributed by atoms with Gasteiger partial charge in [-0.15, -0.1) is 0 Å². The van der Waals surface area contributed by atoms with Crippen LogP contribution < -0.4 is 19.3 Å². The Morgan fingerprint density at radius 2 is 1.73 bits per heavy atom. The van der Waals surface area contributed by atoms with Gasteiger partial charge in [0.1, 0.15) is 27.4 Å². The van der Waals surface area contributed by atoms with E-state index in [1.54, 1.807) is 26.5 Å². The average Bonchev–Trinajstić information content (AvgIpc) is 3.12. The van der Waals surface area contributed by atoms with Gasteiger partial charge in [0, 0.05) is 24.4 Å². The molecule has 0 saturated heterocycles. The van der Waals surface area contributed by atoms with E-state index in [4.69, 9.17) is 44.3 Å². The predicted octanol–water partition coefficient (Wildman–Crippen LogP) is 3.65. The first-order valence-electron chi connectivity index (χ1n) is 7.76. The number of fused-ring (bicyclic) bond motifs is 3. The van der Waals surface area contributed by atoms with Crippen molar-refractivity contribution in [2.24, 2.45) is 4.99 Å². The van der Waals surface area contributed by atoms with E-state index in [1.807, 2.05) is 9.80 Å². The number of methoxy groups -OCH3 is 2. The SMILES string of the molecule is COc1cc(OC)c(Cl)c(N2Cc3cnc(Cl)nc3N3CCN=C32)c1Cl. The van der Waals surface area contributed by atoms with Gasteiger partial charge < -0.3 is 14.4 Å². The molecule has 7 nitrogen and oxygen atoms in total. The highest BCUT2D eigenvalue weighted by Crippen LogP contribution is 2.48. The number of guanidine groups is 1. The topological polar surface area (TPSA) is 63.1 Å². The summed E-state index contributed by atoms with van der Waals surface area (Å²) < 4.78 is 10.8. The molecule has 2 aliphatic heterocycles. The summed E-state index contributed by atoms with van der Waals surface area (Å²) in [5.74, 6) is 2.38. The first kappa shape index (κ1) is 17.5. The van der Waals surface area contributed by atoms with Crippen LogP contribution in [0.15, 0.2) is 17.3 Å². The van der Waals surface area contributed by atoms with Gasteiger partial charge >= 0.3 is 0 Å². The number of aromatic nitrogens is 2. The van der Waals surface area contributed by atoms with E-state index in [9.17, 15) is 0 Å². The van der Waals surface area contributed by atoms with Gasteiger partial charge in [-0.05, 0) is 11.6 Å². The lowest BCUT2D eigenvalue weighted by Gasteiger charge is -2.37. The van der Waals surface area contributed by atoms with Crippen LogP contribution in [0.4, 0.5) is 11.5 Å². The quantitative estimate of drug-likeness (QED) is 0.715. The maximum absolute atomic E-state index is 6.59. The van der Waals surface area contributed by atoms with Crippen molar-refractivity contribution in [3.63, 3.8) is 0 Å². The molecule has 0 saturated carbocycles. The highest BCUT2D eigenvalue weighted by Gasteiger charge is 2.36. The average molecular weight is 415 g/mol. The number of ether oxygens (including phenoxy) is 2. The van der Waals surface area contributed by atoms with E-state index in [-0.39, 0.29) is 5.28 Å². The molecule has 10 heteroatoms. The Morgan fingerprint density at radius 3 is 2.38 bits per heavy atom. The van der Waals surface area contributed by atoms with Crippen LogP contribution in [0.2, 0.25) is 15.3 Å². The maximum Gasteiger partial charge on any atom is 0.224 e. The van der Waals surface area contributed by atoms with E-state index in [0.717, 1.165) is 11.4 Å². The second-order valence-corrected chi connectivity index (χ2v) is 6.76. The summed E-state index contributed by atoms with van der Waals surface area (Å²) in [6.45, 7) is 1.75. The minimum atomic E-state index is 0.197. The number of hydrogen-bond acceptors (Lipinski definition) is 7. The molecule has 0 bridgehead atoms. The van der Waals surface area contributed by atoms with E-state index in [2.05, 4.69) is 15.0 Å². The smallest absolute Gasteiger partial charge is 0.224 e. The van der Waals surface area contributed by atoms with Crippen molar-refractivity contribution in [2.75, 3.05) is 37.1 Å². The summed E-state index contributed by atoms with van der Waals surface area (Å²) in [4.78, 5) is 16.9. The molecule has 1 aromatic heterocycles. The molecule has 0 N–H and O–H groups in total. The van der Waals surface area contributed by atoms with Gasteiger partial charge in [-0.2, -0.15) is 4.98 Å². The van der Waals surface area contributed by atoms with E-state index in [1.165, 1.54) is 0 Å². The third kappa shape index (κ3) is 2.62. The number of hydrogen-bond donors (Lipinski definition) is 0. The second-order valence-electron chi connectivity index (χ2n) is 5.67. The summed E-state index contributed by atoms with van der Waals surface area (Å²) >= 11 is 19.1. The van der Waals surface area contributed by atoms with Crippen molar-refractivity contribution >= 4 is 52.3 Å². The van der Waals surface area contributed by atoms with Crippen LogP contribution >= 0.6 is 34.8 Å². The number of anilines is 2. The lowest BCUT2D eigenvalue weighted by Crippen LogP contribution is -2.47. The summed E-state index contributed by atoms with van der Waals surface area (Å²) in [5, 5.41) is 0.958. The van der Waals surface area contributed by atoms with E-state index < -0.39 is 0 Å². The second kappa shape index (κ2) is 6.64. The maximum atomic E-state index is 6.59. The monoisotopic (exact) mass is 413 g/mol. The summed E-state index contributed by atoms with van der Waals surface area (Å²) in [6, 6.07) is 1.66. The number of nitrogens with zero attached hydrogens (tertiary/aromatic N) is 5. The fourth-order valence-corrected chi connectivity index (χ4v) is 3.95. The van der Waals surface area contributed by atoms with Crippen LogP contribution in [0.3, 0.4) is 0 Å². The molecule has 0 amide bonds. The zero-order chi connectivity index (χ0) is 18.4. The third-order valence-corrected chi connectivity index (χ3v) is 5.19. The standard InChI is InChI=1S/C16H14Cl3N5O2/c1-25-9-5-10(26-2)12(18)13(11(9)17)24-7-8-6-21-15(19)22-14(8)23-4-3-20-16(23)24/h5-6H,3-4,7H2,1-2H3. The Morgan fingerprint density at radius 1 is 1.04 bits per heavy atom. The molecule has 1 aromatic carbocycles. The molecule has 3 heterocycles. The summed E-state index contributed by atoms with van der Waals surface area (Å²) in [7, 11) is 3.08. The van der Waals surface area contributed by atoms with Crippen LogP contribution in [0, 0.1) is 0 Å². The van der Waals surface area contributed by atoms with Crippen molar-refractivity contribution in [2.45, 2.75) is 6.54 Å². The van der Waals surface area contributed by atoms with Crippen molar-refractivity contribution in [3.8, 4) is 11.5 Å². The molecule has 4 rings (SSSR count). The zero-order valence-electron chi connectivity index (χ0n) is 14.0. The van der Waals surface area contributed by atoms with Crippen molar-refractivity contribution < 1.29 is 9.47 Å². The van der Waals surface area contributed by atoms with Crippen LogP contribution in [-0.4, -0.2) is 43.2 Å². The molecule has 0 spiro atoms. The number of benzene rings is 1. The zero-order valence-corrected chi connectivity index (χ0v) is 16.2. The molecule has 0 unspecified atom stereocenters. The van der Waals surface area contributed by atoms with E-state index >= 15 is 0 Å². The largest absolute Gasteiger partial charge is 0.495 e. The first-order chi connectivity index (χ1) is 12.5. The molecule has 0 aliphatic carbocycles. The minimum absolute atomic E-state index is 0.197. The van der Waals surface area contributed by atoms with Crippen LogP contribution in [0.1, 0.15) is 5.56 Å². The number of rotatable bonds is 3. The fraction of sp³-hybridized carbons (Fsp3) is 0.312. The van der Waals surface area contributed by atoms with Gasteiger partial charge in [-0.3, -0.25) is 9.89 Å². The van der Waals surface area contributed by atoms with Gasteiger partial charge in [0.2, 0.25) is 11.2 Å². The van der Waals surface area contributed by atoms with Gasteiger partial charge in [0.05, 0.1) is 33.0 Å². The Kier molecular flexibility index (Phi) is 4.46. The fourth-order valence-electron chi connectivity index (χ4n) is 3.12. The minimum Gasteiger partial charge on any atom is -0.495 e. The Hall–Kier alpha value is -1.96. The molecular weight excluding hydrogens is 401 g/mol. The van der Waals surface area contributed by atoms with Gasteiger partial charge in [-0.25, -0.2) is 4.98 Å². The lowest BCUT2D eigenvalue weighted by molar-refractivity contribution is 0.395. The first-order valence-corrected chi connectivity index (χ1v) is 8.89. The van der Waals surface area contributed by atoms with Crippen LogP contribution in [0.25, 0.3) is 0 Å². The lowest BCUT2D eigenvalue weighted by atomic mass is 10.1. The Bertz CT molecular complexity index is 893. The number of aliphatic imine (C=N–C) groups is 1. The van der Waals surface area contributed by atoms with Gasteiger partial charge in [0.25, 0.3) is 0 Å². The molecule has 0 fully saturated rings. The normalized spacial score (nSPS) is 15.5. The molecule has 26 heavy (non-hydrogen) atoms. The summed E-state index contributed by atoms with van der Waals surface area (Å²) in [5.41, 5.74) is 1.46. The number of halogens is 3. The van der Waals surface area contributed by atoms with Crippen molar-refractivity contribution in [3.05, 3.63) is 33.2 Å². The summed E-state index contributed by atoms with van der Waals surface area (Å²) in [6.07, 6.45) is 1.70. The highest BCUT2D eigenvalue weighted by molar-refractivity contribution is 6.42. The van der Waals surface area contributed by atoms with Crippen molar-refractivity contribution in [1.29, 1.82) is 0 Å². The highest BCUT2D eigenvalue weighted by atomic mass is 35.5. The molecule has 2 aromatic rings. The van der Waals surface area contributed by atoms with E-state index in [0.29, 0.717) is 52.8 Å². The molecular formula is C16H14Cl3N5O2. The Labute approximate surface area is 165 Å². The molecule has 0 radical (unpaired) electrons. The van der Waals surface area contributed by atoms with Crippen LogP contribution in [0.5, 0.6) is 11.5 Å². The third-order valence-electron chi connectivity index (χ3n) is 4.28.